The zero-order chi connectivity index (χ0) is 7.68. The fourth-order valence-corrected chi connectivity index (χ4v) is 1.81. The molecule has 1 fully saturated rings. The van der Waals surface area contributed by atoms with E-state index >= 15 is 0 Å². The van der Waals surface area contributed by atoms with Crippen LogP contribution in [-0.2, 0) is 0 Å². The predicted molar refractivity (Wildman–Crippen MR) is 43.2 cm³/mol. The molecule has 2 atom stereocenters. The van der Waals surface area contributed by atoms with Crippen molar-refractivity contribution in [2.24, 2.45) is 5.73 Å². The number of nitrogens with one attached hydrogen (secondary N) is 1. The molecule has 0 radical (unpaired) electrons. The summed E-state index contributed by atoms with van der Waals surface area (Å²) in [5.74, 6) is 1.54. The van der Waals surface area contributed by atoms with Gasteiger partial charge >= 0.3 is 0 Å². The van der Waals surface area contributed by atoms with Crippen LogP contribution < -0.4 is 5.73 Å². The standard InChI is InChI=1S/C8H13N3/c9-7-3-1-2-6(7)8-10-4-5-11-8/h4-7H,1-3,9H2,(H,10,11). The fraction of sp³-hybridized carbons (Fsp3) is 0.625. The Morgan fingerprint density at radius 2 is 2.45 bits per heavy atom. The Balaban J connectivity index is 2.16. The van der Waals surface area contributed by atoms with Crippen molar-refractivity contribution in [1.29, 1.82) is 0 Å². The maximum atomic E-state index is 5.91. The second kappa shape index (κ2) is 2.66. The van der Waals surface area contributed by atoms with Gasteiger partial charge in [-0.3, -0.25) is 0 Å². The molecule has 2 rings (SSSR count). The Morgan fingerprint density at radius 1 is 1.55 bits per heavy atom. The summed E-state index contributed by atoms with van der Waals surface area (Å²) in [6.07, 6.45) is 7.23. The molecule has 0 bridgehead atoms. The molecule has 1 aromatic rings. The molecule has 1 aliphatic rings. The quantitative estimate of drug-likeness (QED) is 0.629. The lowest BCUT2D eigenvalue weighted by Gasteiger charge is -2.11. The SMILES string of the molecule is NC1CCCC1c1ncc[nH]1. The molecule has 11 heavy (non-hydrogen) atoms. The van der Waals surface area contributed by atoms with Crippen LogP contribution in [-0.4, -0.2) is 16.0 Å². The highest BCUT2D eigenvalue weighted by molar-refractivity contribution is 5.04. The van der Waals surface area contributed by atoms with Gasteiger partial charge in [0, 0.05) is 24.4 Å². The maximum Gasteiger partial charge on any atom is 0.110 e. The molecule has 3 N–H and O–H groups in total. The van der Waals surface area contributed by atoms with Gasteiger partial charge in [0.25, 0.3) is 0 Å². The number of nitrogens with two attached hydrogens (primary N) is 1. The van der Waals surface area contributed by atoms with Crippen LogP contribution in [0.4, 0.5) is 0 Å². The van der Waals surface area contributed by atoms with E-state index in [1.54, 1.807) is 6.20 Å². The van der Waals surface area contributed by atoms with Crippen molar-refractivity contribution < 1.29 is 0 Å². The van der Waals surface area contributed by atoms with Gasteiger partial charge < -0.3 is 10.7 Å². The van der Waals surface area contributed by atoms with Crippen molar-refractivity contribution >= 4 is 0 Å². The van der Waals surface area contributed by atoms with Gasteiger partial charge in [-0.05, 0) is 12.8 Å². The summed E-state index contributed by atoms with van der Waals surface area (Å²) < 4.78 is 0. The third-order valence-corrected chi connectivity index (χ3v) is 2.44. The monoisotopic (exact) mass is 151 g/mol. The lowest BCUT2D eigenvalue weighted by molar-refractivity contribution is 0.586. The molecule has 0 spiro atoms. The van der Waals surface area contributed by atoms with Crippen LogP contribution in [0.3, 0.4) is 0 Å². The molecule has 0 amide bonds. The molecule has 0 aromatic carbocycles. The number of hydrogen-bond donors (Lipinski definition) is 2. The largest absolute Gasteiger partial charge is 0.348 e. The normalized spacial score (nSPS) is 31.0. The van der Waals surface area contributed by atoms with Gasteiger partial charge in [0.2, 0.25) is 0 Å². The summed E-state index contributed by atoms with van der Waals surface area (Å²) in [6.45, 7) is 0. The molecule has 0 saturated heterocycles. The predicted octanol–water partition coefficient (Wildman–Crippen LogP) is 1.00. The van der Waals surface area contributed by atoms with Crippen molar-refractivity contribution in [1.82, 2.24) is 9.97 Å². The van der Waals surface area contributed by atoms with Gasteiger partial charge in [-0.1, -0.05) is 6.42 Å². The Labute approximate surface area is 66.0 Å². The zero-order valence-corrected chi connectivity index (χ0v) is 6.46. The number of aromatic nitrogens is 2. The second-order valence-corrected chi connectivity index (χ2v) is 3.18. The zero-order valence-electron chi connectivity index (χ0n) is 6.46. The first-order chi connectivity index (χ1) is 5.38. The number of imidazole rings is 1. The second-order valence-electron chi connectivity index (χ2n) is 3.18. The van der Waals surface area contributed by atoms with E-state index in [1.807, 2.05) is 6.20 Å². The highest BCUT2D eigenvalue weighted by Crippen LogP contribution is 2.30. The van der Waals surface area contributed by atoms with Crippen molar-refractivity contribution in [2.75, 3.05) is 0 Å². The van der Waals surface area contributed by atoms with Crippen LogP contribution in [0.2, 0.25) is 0 Å². The first-order valence-corrected chi connectivity index (χ1v) is 4.13. The van der Waals surface area contributed by atoms with E-state index < -0.39 is 0 Å². The van der Waals surface area contributed by atoms with Crippen LogP contribution in [0.5, 0.6) is 0 Å². The van der Waals surface area contributed by atoms with E-state index in [-0.39, 0.29) is 0 Å². The summed E-state index contributed by atoms with van der Waals surface area (Å²) in [5.41, 5.74) is 5.91. The van der Waals surface area contributed by atoms with E-state index in [4.69, 9.17) is 5.73 Å². The van der Waals surface area contributed by atoms with Crippen molar-refractivity contribution in [3.05, 3.63) is 18.2 Å². The highest BCUT2D eigenvalue weighted by atomic mass is 14.9. The molecular weight excluding hydrogens is 138 g/mol. The van der Waals surface area contributed by atoms with E-state index in [1.165, 1.54) is 12.8 Å². The molecule has 3 nitrogen and oxygen atoms in total. The molecule has 1 heterocycles. The molecule has 1 aromatic heterocycles. The number of aromatic amines is 1. The van der Waals surface area contributed by atoms with Crippen LogP contribution in [0.15, 0.2) is 12.4 Å². The van der Waals surface area contributed by atoms with Gasteiger partial charge in [-0.25, -0.2) is 4.98 Å². The molecule has 1 aliphatic carbocycles. The first-order valence-electron chi connectivity index (χ1n) is 4.13. The average Bonchev–Trinajstić information content (AvgIpc) is 2.55. The number of hydrogen-bond acceptors (Lipinski definition) is 2. The Kier molecular flexibility index (Phi) is 1.66. The lowest BCUT2D eigenvalue weighted by Crippen LogP contribution is -2.23. The van der Waals surface area contributed by atoms with Gasteiger partial charge in [0.1, 0.15) is 5.82 Å². The van der Waals surface area contributed by atoms with Gasteiger partial charge in [-0.15, -0.1) is 0 Å². The van der Waals surface area contributed by atoms with Crippen molar-refractivity contribution in [3.63, 3.8) is 0 Å². The summed E-state index contributed by atoms with van der Waals surface area (Å²) in [5, 5.41) is 0. The molecule has 2 unspecified atom stereocenters. The van der Waals surface area contributed by atoms with E-state index in [0.717, 1.165) is 12.2 Å². The summed E-state index contributed by atoms with van der Waals surface area (Å²) in [4.78, 5) is 7.33. The van der Waals surface area contributed by atoms with Crippen LogP contribution in [0, 0.1) is 0 Å². The third kappa shape index (κ3) is 1.16. The van der Waals surface area contributed by atoms with Crippen molar-refractivity contribution in [2.45, 2.75) is 31.2 Å². The highest BCUT2D eigenvalue weighted by Gasteiger charge is 2.26. The molecule has 1 saturated carbocycles. The summed E-state index contributed by atoms with van der Waals surface area (Å²) in [7, 11) is 0. The van der Waals surface area contributed by atoms with E-state index in [2.05, 4.69) is 9.97 Å². The Morgan fingerprint density at radius 3 is 3.00 bits per heavy atom. The maximum absolute atomic E-state index is 5.91. The smallest absolute Gasteiger partial charge is 0.110 e. The fourth-order valence-electron chi connectivity index (χ4n) is 1.81. The van der Waals surface area contributed by atoms with Crippen molar-refractivity contribution in [3.8, 4) is 0 Å². The molecule has 60 valence electrons. The summed E-state index contributed by atoms with van der Waals surface area (Å²) in [6, 6.07) is 0.321. The molecular formula is C8H13N3. The van der Waals surface area contributed by atoms with Crippen LogP contribution in [0.1, 0.15) is 31.0 Å². The topological polar surface area (TPSA) is 54.7 Å². The molecule has 3 heteroatoms. The van der Waals surface area contributed by atoms with Crippen LogP contribution >= 0.6 is 0 Å². The van der Waals surface area contributed by atoms with E-state index in [9.17, 15) is 0 Å². The Bertz CT molecular complexity index is 217. The Hall–Kier alpha value is -0.830. The van der Waals surface area contributed by atoms with Gasteiger partial charge in [0.05, 0.1) is 0 Å². The van der Waals surface area contributed by atoms with Gasteiger partial charge in [-0.2, -0.15) is 0 Å². The minimum atomic E-state index is 0.321. The summed E-state index contributed by atoms with van der Waals surface area (Å²) >= 11 is 0. The number of nitrogens with zero attached hydrogens (tertiary/aromatic N) is 1. The lowest BCUT2D eigenvalue weighted by atomic mass is 10.0. The first kappa shape index (κ1) is 6.85. The number of rotatable bonds is 1. The minimum absolute atomic E-state index is 0.321. The minimum Gasteiger partial charge on any atom is -0.348 e. The van der Waals surface area contributed by atoms with Crippen LogP contribution in [0.25, 0.3) is 0 Å². The number of H-pyrrole nitrogens is 1. The molecule has 0 aliphatic heterocycles. The average molecular weight is 151 g/mol. The van der Waals surface area contributed by atoms with Gasteiger partial charge in [0.15, 0.2) is 0 Å². The third-order valence-electron chi connectivity index (χ3n) is 2.44. The van der Waals surface area contributed by atoms with E-state index in [0.29, 0.717) is 12.0 Å².